The molecule has 0 fully saturated rings. The summed E-state index contributed by atoms with van der Waals surface area (Å²) in [7, 11) is 0. The quantitative estimate of drug-likeness (QED) is 0.530. The number of amidine groups is 1. The number of rotatable bonds is 5. The maximum atomic E-state index is 13.8. The smallest absolute Gasteiger partial charge is 0.165 e. The van der Waals surface area contributed by atoms with Crippen LogP contribution in [0.15, 0.2) is 42.6 Å². The van der Waals surface area contributed by atoms with Gasteiger partial charge in [0, 0.05) is 25.4 Å². The van der Waals surface area contributed by atoms with Crippen molar-refractivity contribution in [3.8, 4) is 11.5 Å². The number of para-hydroxylation sites is 1. The van der Waals surface area contributed by atoms with E-state index < -0.39 is 5.82 Å². The van der Waals surface area contributed by atoms with Gasteiger partial charge in [0.15, 0.2) is 11.6 Å². The summed E-state index contributed by atoms with van der Waals surface area (Å²) in [5, 5.41) is 8.35. The van der Waals surface area contributed by atoms with E-state index in [1.807, 2.05) is 24.8 Å². The molecule has 3 rings (SSSR count). The van der Waals surface area contributed by atoms with Crippen LogP contribution in [0, 0.1) is 11.2 Å². The summed E-state index contributed by atoms with van der Waals surface area (Å²) < 4.78 is 20.4. The Hall–Kier alpha value is -2.47. The molecule has 0 amide bonds. The first-order chi connectivity index (χ1) is 11.6. The van der Waals surface area contributed by atoms with Gasteiger partial charge in [-0.2, -0.15) is 0 Å². The van der Waals surface area contributed by atoms with Crippen molar-refractivity contribution in [3.63, 3.8) is 0 Å². The van der Waals surface area contributed by atoms with Crippen LogP contribution in [-0.4, -0.2) is 28.8 Å². The highest BCUT2D eigenvalue weighted by atomic mass is 32.1. The van der Waals surface area contributed by atoms with E-state index in [2.05, 4.69) is 4.98 Å². The molecular formula is C18H18FN3OS. The van der Waals surface area contributed by atoms with E-state index in [4.69, 9.17) is 10.1 Å². The normalized spacial score (nSPS) is 10.8. The standard InChI is InChI=1S/C18H18FN3OS/c1-3-22(4-2)18(20)16-11-13-17(24-16)15(9-10-21-13)23-14-8-6-5-7-12(14)19/h5-11,20H,3-4H2,1-2H3. The minimum absolute atomic E-state index is 0.179. The van der Waals surface area contributed by atoms with Crippen molar-refractivity contribution in [2.45, 2.75) is 13.8 Å². The number of pyridine rings is 1. The Morgan fingerprint density at radius 1 is 1.21 bits per heavy atom. The van der Waals surface area contributed by atoms with Crippen molar-refractivity contribution in [1.29, 1.82) is 5.41 Å². The van der Waals surface area contributed by atoms with Crippen LogP contribution in [0.4, 0.5) is 4.39 Å². The highest BCUT2D eigenvalue weighted by molar-refractivity contribution is 7.21. The first-order valence-electron chi connectivity index (χ1n) is 7.78. The molecule has 6 heteroatoms. The van der Waals surface area contributed by atoms with E-state index >= 15 is 0 Å². The van der Waals surface area contributed by atoms with E-state index in [0.29, 0.717) is 11.6 Å². The van der Waals surface area contributed by atoms with Gasteiger partial charge >= 0.3 is 0 Å². The third-order valence-corrected chi connectivity index (χ3v) is 4.89. The second kappa shape index (κ2) is 6.97. The molecule has 4 nitrogen and oxygen atoms in total. The van der Waals surface area contributed by atoms with Crippen LogP contribution in [-0.2, 0) is 0 Å². The molecule has 2 aromatic heterocycles. The molecular weight excluding hydrogens is 325 g/mol. The molecule has 0 spiro atoms. The van der Waals surface area contributed by atoms with Crippen molar-refractivity contribution >= 4 is 27.4 Å². The fourth-order valence-electron chi connectivity index (χ4n) is 2.45. The molecule has 0 radical (unpaired) electrons. The lowest BCUT2D eigenvalue weighted by molar-refractivity contribution is 0.447. The summed E-state index contributed by atoms with van der Waals surface area (Å²) in [5.74, 6) is 0.794. The molecule has 0 atom stereocenters. The predicted octanol–water partition coefficient (Wildman–Crippen LogP) is 4.89. The number of hydrogen-bond acceptors (Lipinski definition) is 4. The highest BCUT2D eigenvalue weighted by Gasteiger charge is 2.16. The van der Waals surface area contributed by atoms with Crippen LogP contribution in [0.1, 0.15) is 18.7 Å². The Bertz CT molecular complexity index is 874. The Labute approximate surface area is 144 Å². The Balaban J connectivity index is 1.99. The molecule has 1 aromatic carbocycles. The summed E-state index contributed by atoms with van der Waals surface area (Å²) >= 11 is 1.44. The molecule has 0 saturated heterocycles. The number of benzene rings is 1. The number of ether oxygens (including phenoxy) is 1. The maximum Gasteiger partial charge on any atom is 0.165 e. The van der Waals surface area contributed by atoms with Crippen LogP contribution >= 0.6 is 11.3 Å². The predicted molar refractivity (Wildman–Crippen MR) is 95.8 cm³/mol. The van der Waals surface area contributed by atoms with Gasteiger partial charge in [-0.15, -0.1) is 11.3 Å². The first kappa shape index (κ1) is 16.4. The Kier molecular flexibility index (Phi) is 4.76. The average Bonchev–Trinajstić information content (AvgIpc) is 3.03. The maximum absolute atomic E-state index is 13.8. The molecule has 1 N–H and O–H groups in total. The van der Waals surface area contributed by atoms with Gasteiger partial charge in [-0.25, -0.2) is 4.39 Å². The van der Waals surface area contributed by atoms with Crippen LogP contribution in [0.25, 0.3) is 10.2 Å². The lowest BCUT2D eigenvalue weighted by Gasteiger charge is -2.20. The second-order valence-corrected chi connectivity index (χ2v) is 6.24. The van der Waals surface area contributed by atoms with Gasteiger partial charge in [0.2, 0.25) is 0 Å². The fraction of sp³-hybridized carbons (Fsp3) is 0.222. The molecule has 0 aliphatic rings. The van der Waals surface area contributed by atoms with E-state index in [1.54, 1.807) is 30.5 Å². The van der Waals surface area contributed by atoms with Gasteiger partial charge in [-0.1, -0.05) is 12.1 Å². The Morgan fingerprint density at radius 2 is 1.96 bits per heavy atom. The summed E-state index contributed by atoms with van der Waals surface area (Å²) in [6.45, 7) is 5.60. The second-order valence-electron chi connectivity index (χ2n) is 5.19. The lowest BCUT2D eigenvalue weighted by atomic mass is 10.3. The summed E-state index contributed by atoms with van der Waals surface area (Å²) in [5.41, 5.74) is 0.751. The van der Waals surface area contributed by atoms with Crippen LogP contribution in [0.2, 0.25) is 0 Å². The summed E-state index contributed by atoms with van der Waals surface area (Å²) in [6, 6.07) is 9.91. The average molecular weight is 343 g/mol. The van der Waals surface area contributed by atoms with Gasteiger partial charge in [0.25, 0.3) is 0 Å². The van der Waals surface area contributed by atoms with Crippen molar-refractivity contribution in [2.75, 3.05) is 13.1 Å². The summed E-state index contributed by atoms with van der Waals surface area (Å²) in [4.78, 5) is 7.14. The van der Waals surface area contributed by atoms with Crippen molar-refractivity contribution in [2.24, 2.45) is 0 Å². The highest BCUT2D eigenvalue weighted by Crippen LogP contribution is 2.35. The molecule has 0 bridgehead atoms. The van der Waals surface area contributed by atoms with E-state index in [0.717, 1.165) is 28.2 Å². The number of nitrogens with one attached hydrogen (secondary N) is 1. The Morgan fingerprint density at radius 3 is 2.67 bits per heavy atom. The van der Waals surface area contributed by atoms with E-state index in [1.165, 1.54) is 17.4 Å². The SMILES string of the molecule is CCN(CC)C(=N)c1cc2nccc(Oc3ccccc3F)c2s1. The molecule has 0 unspecified atom stereocenters. The number of fused-ring (bicyclic) bond motifs is 1. The van der Waals surface area contributed by atoms with Crippen molar-refractivity contribution in [1.82, 2.24) is 9.88 Å². The van der Waals surface area contributed by atoms with Gasteiger partial charge in [-0.05, 0) is 32.0 Å². The zero-order valence-corrected chi connectivity index (χ0v) is 14.4. The molecule has 0 aliphatic heterocycles. The van der Waals surface area contributed by atoms with Gasteiger partial charge in [0.1, 0.15) is 11.6 Å². The van der Waals surface area contributed by atoms with Crippen molar-refractivity contribution in [3.05, 3.63) is 53.3 Å². The largest absolute Gasteiger partial charge is 0.453 e. The zero-order valence-electron chi connectivity index (χ0n) is 13.5. The number of thiophene rings is 1. The van der Waals surface area contributed by atoms with Crippen molar-refractivity contribution < 1.29 is 9.13 Å². The first-order valence-corrected chi connectivity index (χ1v) is 8.60. The van der Waals surface area contributed by atoms with Crippen LogP contribution in [0.5, 0.6) is 11.5 Å². The molecule has 3 aromatic rings. The molecule has 124 valence electrons. The van der Waals surface area contributed by atoms with E-state index in [-0.39, 0.29) is 5.75 Å². The van der Waals surface area contributed by atoms with Crippen LogP contribution in [0.3, 0.4) is 0 Å². The molecule has 0 saturated carbocycles. The van der Waals surface area contributed by atoms with Gasteiger partial charge < -0.3 is 9.64 Å². The number of nitrogens with zero attached hydrogens (tertiary/aromatic N) is 2. The minimum atomic E-state index is -0.407. The topological polar surface area (TPSA) is 49.2 Å². The number of hydrogen-bond donors (Lipinski definition) is 1. The number of halogens is 1. The van der Waals surface area contributed by atoms with E-state index in [9.17, 15) is 4.39 Å². The molecule has 24 heavy (non-hydrogen) atoms. The number of aromatic nitrogens is 1. The molecule has 0 aliphatic carbocycles. The zero-order chi connectivity index (χ0) is 17.1. The minimum Gasteiger partial charge on any atom is -0.453 e. The molecule has 2 heterocycles. The third-order valence-electron chi connectivity index (χ3n) is 3.75. The lowest BCUT2D eigenvalue weighted by Crippen LogP contribution is -2.29. The third kappa shape index (κ3) is 3.10. The van der Waals surface area contributed by atoms with Crippen LogP contribution < -0.4 is 4.74 Å². The summed E-state index contributed by atoms with van der Waals surface area (Å²) in [6.07, 6.45) is 1.63. The monoisotopic (exact) mass is 343 g/mol. The fourth-order valence-corrected chi connectivity index (χ4v) is 3.50. The van der Waals surface area contributed by atoms with Gasteiger partial charge in [0.05, 0.1) is 15.1 Å². The van der Waals surface area contributed by atoms with Gasteiger partial charge in [-0.3, -0.25) is 10.4 Å².